The summed E-state index contributed by atoms with van der Waals surface area (Å²) in [5.74, 6) is 2.88. The zero-order valence-electron chi connectivity index (χ0n) is 17.0. The Balaban J connectivity index is 1.69. The molecule has 3 rings (SSSR count). The zero-order valence-corrected chi connectivity index (χ0v) is 19.4. The predicted molar refractivity (Wildman–Crippen MR) is 121 cm³/mol. The van der Waals surface area contributed by atoms with E-state index in [2.05, 4.69) is 47.7 Å². The van der Waals surface area contributed by atoms with E-state index < -0.39 is 0 Å². The number of benzene rings is 2. The van der Waals surface area contributed by atoms with Crippen LogP contribution < -0.4 is 4.74 Å². The molecule has 1 unspecified atom stereocenters. The van der Waals surface area contributed by atoms with Crippen molar-refractivity contribution in [2.24, 2.45) is 0 Å². The molecule has 1 heterocycles. The number of rotatable bonds is 8. The van der Waals surface area contributed by atoms with Gasteiger partial charge in [0.15, 0.2) is 17.1 Å². The Kier molecular flexibility index (Phi) is 7.49. The maximum atomic E-state index is 6.12. The molecule has 0 amide bonds. The van der Waals surface area contributed by atoms with Crippen molar-refractivity contribution >= 4 is 35.0 Å². The number of ether oxygens (including phenoxy) is 1. The van der Waals surface area contributed by atoms with Gasteiger partial charge in [0.2, 0.25) is 0 Å². The average molecular weight is 450 g/mol. The van der Waals surface area contributed by atoms with Crippen molar-refractivity contribution in [1.82, 2.24) is 14.8 Å². The van der Waals surface area contributed by atoms with Gasteiger partial charge < -0.3 is 9.30 Å². The molecule has 4 nitrogen and oxygen atoms in total. The van der Waals surface area contributed by atoms with Crippen LogP contribution in [0.3, 0.4) is 0 Å². The lowest BCUT2D eigenvalue weighted by atomic mass is 10.0. The molecule has 3 aromatic rings. The van der Waals surface area contributed by atoms with E-state index >= 15 is 0 Å². The fourth-order valence-corrected chi connectivity index (χ4v) is 4.24. The lowest BCUT2D eigenvalue weighted by Gasteiger charge is -2.16. The van der Waals surface area contributed by atoms with Gasteiger partial charge in [-0.15, -0.1) is 10.2 Å². The predicted octanol–water partition coefficient (Wildman–Crippen LogP) is 7.16. The molecule has 0 saturated heterocycles. The summed E-state index contributed by atoms with van der Waals surface area (Å²) in [5.41, 5.74) is 2.38. The first-order chi connectivity index (χ1) is 13.9. The van der Waals surface area contributed by atoms with Gasteiger partial charge in [-0.3, -0.25) is 0 Å². The zero-order chi connectivity index (χ0) is 21.0. The number of halogens is 2. The summed E-state index contributed by atoms with van der Waals surface area (Å²) in [7, 11) is 0. The lowest BCUT2D eigenvalue weighted by molar-refractivity contribution is 0.210. The third-order valence-electron chi connectivity index (χ3n) is 4.64. The van der Waals surface area contributed by atoms with Crippen molar-refractivity contribution in [3.63, 3.8) is 0 Å². The number of hydrogen-bond donors (Lipinski definition) is 0. The first-order valence-electron chi connectivity index (χ1n) is 9.65. The fraction of sp³-hybridized carbons (Fsp3) is 0.364. The standard InChI is InChI=1S/C22H25Cl2N3OS/c1-5-27-21(15(4)28-18-9-7-17(8-10-18)14(2)3)25-26-22(27)29-13-16-6-11-19(23)20(24)12-16/h6-12,14-15H,5,13H2,1-4H3. The molecule has 0 N–H and O–H groups in total. The smallest absolute Gasteiger partial charge is 0.191 e. The quantitative estimate of drug-likeness (QED) is 0.342. The minimum atomic E-state index is -0.202. The molecule has 29 heavy (non-hydrogen) atoms. The van der Waals surface area contributed by atoms with Crippen LogP contribution in [0.1, 0.15) is 56.7 Å². The molecular weight excluding hydrogens is 425 g/mol. The van der Waals surface area contributed by atoms with Gasteiger partial charge in [0.1, 0.15) is 5.75 Å². The van der Waals surface area contributed by atoms with Crippen LogP contribution in [0.15, 0.2) is 47.6 Å². The second-order valence-electron chi connectivity index (χ2n) is 7.11. The lowest BCUT2D eigenvalue weighted by Crippen LogP contribution is -2.12. The molecule has 0 aliphatic heterocycles. The SMILES string of the molecule is CCn1c(SCc2ccc(Cl)c(Cl)c2)nnc1C(C)Oc1ccc(C(C)C)cc1. The van der Waals surface area contributed by atoms with Gasteiger partial charge >= 0.3 is 0 Å². The van der Waals surface area contributed by atoms with Gasteiger partial charge in [-0.05, 0) is 55.2 Å². The van der Waals surface area contributed by atoms with Crippen molar-refractivity contribution < 1.29 is 4.74 Å². The number of thioether (sulfide) groups is 1. The minimum Gasteiger partial charge on any atom is -0.483 e. The molecule has 0 saturated carbocycles. The van der Waals surface area contributed by atoms with Gasteiger partial charge in [-0.25, -0.2) is 0 Å². The number of aromatic nitrogens is 3. The molecule has 7 heteroatoms. The van der Waals surface area contributed by atoms with Gasteiger partial charge in [-0.2, -0.15) is 0 Å². The van der Waals surface area contributed by atoms with Gasteiger partial charge in [0.05, 0.1) is 10.0 Å². The molecule has 0 bridgehead atoms. The second kappa shape index (κ2) is 9.88. The van der Waals surface area contributed by atoms with Crippen LogP contribution in [0.2, 0.25) is 10.0 Å². The van der Waals surface area contributed by atoms with Crippen LogP contribution in [0.4, 0.5) is 0 Å². The van der Waals surface area contributed by atoms with Crippen LogP contribution >= 0.6 is 35.0 Å². The van der Waals surface area contributed by atoms with Crippen LogP contribution in [0.5, 0.6) is 5.75 Å². The van der Waals surface area contributed by atoms with Crippen LogP contribution in [-0.4, -0.2) is 14.8 Å². The molecule has 0 aliphatic carbocycles. The highest BCUT2D eigenvalue weighted by Gasteiger charge is 2.19. The third-order valence-corrected chi connectivity index (χ3v) is 6.41. The van der Waals surface area contributed by atoms with Crippen LogP contribution in [0, 0.1) is 0 Å². The summed E-state index contributed by atoms with van der Waals surface area (Å²) in [6.07, 6.45) is -0.202. The Labute approximate surface area is 186 Å². The molecule has 1 atom stereocenters. The first kappa shape index (κ1) is 22.0. The highest BCUT2D eigenvalue weighted by atomic mass is 35.5. The molecule has 154 valence electrons. The molecule has 0 fully saturated rings. The first-order valence-corrected chi connectivity index (χ1v) is 11.4. The second-order valence-corrected chi connectivity index (χ2v) is 8.86. The summed E-state index contributed by atoms with van der Waals surface area (Å²) in [5, 5.41) is 10.8. The summed E-state index contributed by atoms with van der Waals surface area (Å²) in [4.78, 5) is 0. The average Bonchev–Trinajstić information content (AvgIpc) is 3.12. The Morgan fingerprint density at radius 3 is 2.34 bits per heavy atom. The van der Waals surface area contributed by atoms with Crippen molar-refractivity contribution in [2.45, 2.75) is 57.2 Å². The summed E-state index contributed by atoms with van der Waals surface area (Å²) in [6, 6.07) is 13.9. The molecule has 1 aromatic heterocycles. The maximum absolute atomic E-state index is 6.12. The van der Waals surface area contributed by atoms with E-state index in [4.69, 9.17) is 27.9 Å². The van der Waals surface area contributed by atoms with Gasteiger partial charge in [-0.1, -0.05) is 67.0 Å². The summed E-state index contributed by atoms with van der Waals surface area (Å²) >= 11 is 13.7. The largest absolute Gasteiger partial charge is 0.483 e. The van der Waals surface area contributed by atoms with E-state index in [9.17, 15) is 0 Å². The molecule has 2 aromatic carbocycles. The van der Waals surface area contributed by atoms with Crippen molar-refractivity contribution in [3.05, 3.63) is 69.5 Å². The number of hydrogen-bond acceptors (Lipinski definition) is 4. The van der Waals surface area contributed by atoms with Crippen molar-refractivity contribution in [3.8, 4) is 5.75 Å². The topological polar surface area (TPSA) is 39.9 Å². The van der Waals surface area contributed by atoms with Crippen molar-refractivity contribution in [2.75, 3.05) is 0 Å². The number of nitrogens with zero attached hydrogens (tertiary/aromatic N) is 3. The summed E-state index contributed by atoms with van der Waals surface area (Å²) in [6.45, 7) is 9.21. The minimum absolute atomic E-state index is 0.202. The van der Waals surface area contributed by atoms with Crippen molar-refractivity contribution in [1.29, 1.82) is 0 Å². The highest BCUT2D eigenvalue weighted by Crippen LogP contribution is 2.29. The molecular formula is C22H25Cl2N3OS. The van der Waals surface area contributed by atoms with Crippen LogP contribution in [0.25, 0.3) is 0 Å². The molecule has 0 spiro atoms. The monoisotopic (exact) mass is 449 g/mol. The normalized spacial score (nSPS) is 12.4. The molecule has 0 aliphatic rings. The van der Waals surface area contributed by atoms with E-state index in [0.29, 0.717) is 16.0 Å². The van der Waals surface area contributed by atoms with E-state index in [-0.39, 0.29) is 6.10 Å². The van der Waals surface area contributed by atoms with Crippen LogP contribution in [-0.2, 0) is 12.3 Å². The third kappa shape index (κ3) is 5.47. The van der Waals surface area contributed by atoms with E-state index in [1.807, 2.05) is 37.3 Å². The maximum Gasteiger partial charge on any atom is 0.191 e. The Hall–Kier alpha value is -1.69. The summed E-state index contributed by atoms with van der Waals surface area (Å²) < 4.78 is 8.21. The van der Waals surface area contributed by atoms with Gasteiger partial charge in [0.25, 0.3) is 0 Å². The Morgan fingerprint density at radius 1 is 1.00 bits per heavy atom. The van der Waals surface area contributed by atoms with E-state index in [1.165, 1.54) is 5.56 Å². The Bertz CT molecular complexity index is 957. The van der Waals surface area contributed by atoms with E-state index in [0.717, 1.165) is 34.6 Å². The Morgan fingerprint density at radius 2 is 1.72 bits per heavy atom. The fourth-order valence-electron chi connectivity index (χ4n) is 2.97. The van der Waals surface area contributed by atoms with Gasteiger partial charge in [0, 0.05) is 12.3 Å². The molecule has 0 radical (unpaired) electrons. The van der Waals surface area contributed by atoms with E-state index in [1.54, 1.807) is 11.8 Å². The highest BCUT2D eigenvalue weighted by molar-refractivity contribution is 7.98.